The number of carbonyl (C=O) groups is 2. The van der Waals surface area contributed by atoms with Crippen LogP contribution in [0.2, 0.25) is 0 Å². The number of aryl methyl sites for hydroxylation is 1. The lowest BCUT2D eigenvalue weighted by atomic mass is 10.1. The minimum absolute atomic E-state index is 0.0767. The summed E-state index contributed by atoms with van der Waals surface area (Å²) in [5, 5.41) is 15.8. The SMILES string of the molecule is CC(C)Oc1ccc(C(=O)O)cc1NC(=O)CCc1ccsc1. The van der Waals surface area contributed by atoms with E-state index in [2.05, 4.69) is 5.32 Å². The lowest BCUT2D eigenvalue weighted by molar-refractivity contribution is -0.116. The van der Waals surface area contributed by atoms with Gasteiger partial charge in [-0.3, -0.25) is 4.79 Å². The van der Waals surface area contributed by atoms with Gasteiger partial charge < -0.3 is 15.2 Å². The third-order valence-corrected chi connectivity index (χ3v) is 3.82. The van der Waals surface area contributed by atoms with Crippen molar-refractivity contribution in [2.75, 3.05) is 5.32 Å². The zero-order valence-electron chi connectivity index (χ0n) is 13.0. The molecule has 1 aromatic carbocycles. The first-order valence-electron chi connectivity index (χ1n) is 7.30. The van der Waals surface area contributed by atoms with Gasteiger partial charge in [-0.05, 0) is 60.9 Å². The molecular weight excluding hydrogens is 314 g/mol. The van der Waals surface area contributed by atoms with Crippen molar-refractivity contribution in [3.8, 4) is 5.75 Å². The number of amides is 1. The van der Waals surface area contributed by atoms with Crippen LogP contribution in [0.25, 0.3) is 0 Å². The smallest absolute Gasteiger partial charge is 0.335 e. The van der Waals surface area contributed by atoms with Crippen LogP contribution in [0.5, 0.6) is 5.75 Å². The average molecular weight is 333 g/mol. The molecule has 0 aliphatic heterocycles. The summed E-state index contributed by atoms with van der Waals surface area (Å²) in [6, 6.07) is 6.43. The van der Waals surface area contributed by atoms with E-state index >= 15 is 0 Å². The van der Waals surface area contributed by atoms with Crippen LogP contribution in [0.15, 0.2) is 35.0 Å². The number of carboxylic acids is 1. The van der Waals surface area contributed by atoms with Crippen molar-refractivity contribution < 1.29 is 19.4 Å². The fourth-order valence-corrected chi connectivity index (χ4v) is 2.73. The molecule has 2 N–H and O–H groups in total. The van der Waals surface area contributed by atoms with Crippen LogP contribution in [-0.2, 0) is 11.2 Å². The summed E-state index contributed by atoms with van der Waals surface area (Å²) in [7, 11) is 0. The first-order chi connectivity index (χ1) is 11.0. The number of hydrogen-bond donors (Lipinski definition) is 2. The number of rotatable bonds is 7. The number of benzene rings is 1. The van der Waals surface area contributed by atoms with Crippen LogP contribution >= 0.6 is 11.3 Å². The molecule has 1 aromatic heterocycles. The molecule has 0 atom stereocenters. The van der Waals surface area contributed by atoms with E-state index in [1.807, 2.05) is 30.7 Å². The monoisotopic (exact) mass is 333 g/mol. The standard InChI is InChI=1S/C17H19NO4S/c1-11(2)22-15-5-4-13(17(20)21)9-14(15)18-16(19)6-3-12-7-8-23-10-12/h4-5,7-11H,3,6H2,1-2H3,(H,18,19)(H,20,21). The Kier molecular flexibility index (Phi) is 5.76. The molecule has 0 fully saturated rings. The molecule has 5 nitrogen and oxygen atoms in total. The summed E-state index contributed by atoms with van der Waals surface area (Å²) >= 11 is 1.59. The highest BCUT2D eigenvalue weighted by Gasteiger charge is 2.13. The lowest BCUT2D eigenvalue weighted by Gasteiger charge is -2.15. The molecule has 1 heterocycles. The van der Waals surface area contributed by atoms with E-state index < -0.39 is 5.97 Å². The largest absolute Gasteiger partial charge is 0.489 e. The van der Waals surface area contributed by atoms with E-state index in [0.29, 0.717) is 24.3 Å². The Morgan fingerprint density at radius 1 is 1.30 bits per heavy atom. The number of anilines is 1. The zero-order chi connectivity index (χ0) is 16.8. The normalized spacial score (nSPS) is 10.6. The number of hydrogen-bond acceptors (Lipinski definition) is 4. The number of thiophene rings is 1. The molecule has 0 aliphatic carbocycles. The summed E-state index contributed by atoms with van der Waals surface area (Å²) in [4.78, 5) is 23.2. The van der Waals surface area contributed by atoms with E-state index in [4.69, 9.17) is 9.84 Å². The highest BCUT2D eigenvalue weighted by Crippen LogP contribution is 2.27. The fraction of sp³-hybridized carbons (Fsp3) is 0.294. The van der Waals surface area contributed by atoms with Crippen LogP contribution in [0.1, 0.15) is 36.2 Å². The van der Waals surface area contributed by atoms with Crippen molar-refractivity contribution in [2.45, 2.75) is 32.8 Å². The van der Waals surface area contributed by atoms with Gasteiger partial charge in [0.05, 0.1) is 17.4 Å². The highest BCUT2D eigenvalue weighted by molar-refractivity contribution is 7.07. The van der Waals surface area contributed by atoms with Crippen molar-refractivity contribution in [3.63, 3.8) is 0 Å². The summed E-state index contributed by atoms with van der Waals surface area (Å²) in [5.74, 6) is -0.754. The van der Waals surface area contributed by atoms with E-state index in [1.165, 1.54) is 12.1 Å². The van der Waals surface area contributed by atoms with Crippen molar-refractivity contribution >= 4 is 28.9 Å². The van der Waals surface area contributed by atoms with Crippen molar-refractivity contribution in [2.24, 2.45) is 0 Å². The lowest BCUT2D eigenvalue weighted by Crippen LogP contribution is -2.15. The number of aromatic carboxylic acids is 1. The summed E-state index contributed by atoms with van der Waals surface area (Å²) in [6.07, 6.45) is 0.899. The van der Waals surface area contributed by atoms with Gasteiger partial charge in [0.25, 0.3) is 0 Å². The third kappa shape index (κ3) is 5.10. The summed E-state index contributed by atoms with van der Waals surface area (Å²) in [5.41, 5.74) is 1.60. The molecular formula is C17H19NO4S. The molecule has 0 bridgehead atoms. The van der Waals surface area contributed by atoms with Gasteiger partial charge in [-0.25, -0.2) is 4.79 Å². The molecule has 0 aliphatic rings. The molecule has 0 radical (unpaired) electrons. The first-order valence-corrected chi connectivity index (χ1v) is 8.25. The Morgan fingerprint density at radius 2 is 2.09 bits per heavy atom. The van der Waals surface area contributed by atoms with Crippen molar-refractivity contribution in [3.05, 3.63) is 46.2 Å². The molecule has 122 valence electrons. The van der Waals surface area contributed by atoms with Crippen LogP contribution in [0.4, 0.5) is 5.69 Å². The molecule has 2 aromatic rings. The maximum Gasteiger partial charge on any atom is 0.335 e. The van der Waals surface area contributed by atoms with Gasteiger partial charge in [0.15, 0.2) is 0 Å². The summed E-state index contributed by atoms with van der Waals surface area (Å²) < 4.78 is 5.63. The second kappa shape index (κ2) is 7.78. The molecule has 0 saturated carbocycles. The average Bonchev–Trinajstić information content (AvgIpc) is 2.99. The predicted octanol–water partition coefficient (Wildman–Crippen LogP) is 3.80. The number of carboxylic acid groups (broad SMARTS) is 1. The molecule has 0 saturated heterocycles. The van der Waals surface area contributed by atoms with Gasteiger partial charge in [-0.2, -0.15) is 11.3 Å². The first kappa shape index (κ1) is 17.0. The molecule has 23 heavy (non-hydrogen) atoms. The van der Waals surface area contributed by atoms with Crippen LogP contribution < -0.4 is 10.1 Å². The minimum Gasteiger partial charge on any atom is -0.489 e. The molecule has 0 unspecified atom stereocenters. The quantitative estimate of drug-likeness (QED) is 0.808. The van der Waals surface area contributed by atoms with Crippen molar-refractivity contribution in [1.29, 1.82) is 0 Å². The maximum absolute atomic E-state index is 12.1. The number of ether oxygens (including phenoxy) is 1. The van der Waals surface area contributed by atoms with E-state index in [-0.39, 0.29) is 17.6 Å². The van der Waals surface area contributed by atoms with Gasteiger partial charge in [0.2, 0.25) is 5.91 Å². The van der Waals surface area contributed by atoms with Crippen LogP contribution in [0, 0.1) is 0 Å². The Hall–Kier alpha value is -2.34. The molecule has 1 amide bonds. The zero-order valence-corrected chi connectivity index (χ0v) is 13.9. The van der Waals surface area contributed by atoms with Gasteiger partial charge in [0, 0.05) is 6.42 Å². The highest BCUT2D eigenvalue weighted by atomic mass is 32.1. The van der Waals surface area contributed by atoms with Gasteiger partial charge >= 0.3 is 5.97 Å². The van der Waals surface area contributed by atoms with Crippen molar-refractivity contribution in [1.82, 2.24) is 0 Å². The minimum atomic E-state index is -1.05. The number of carbonyl (C=O) groups excluding carboxylic acids is 1. The van der Waals surface area contributed by atoms with Gasteiger partial charge in [-0.1, -0.05) is 0 Å². The van der Waals surface area contributed by atoms with Crippen LogP contribution in [-0.4, -0.2) is 23.1 Å². The van der Waals surface area contributed by atoms with E-state index in [0.717, 1.165) is 5.56 Å². The molecule has 2 rings (SSSR count). The molecule has 6 heteroatoms. The van der Waals surface area contributed by atoms with E-state index in [1.54, 1.807) is 17.4 Å². The Morgan fingerprint density at radius 3 is 2.70 bits per heavy atom. The number of nitrogens with one attached hydrogen (secondary N) is 1. The van der Waals surface area contributed by atoms with Crippen LogP contribution in [0.3, 0.4) is 0 Å². The predicted molar refractivity (Wildman–Crippen MR) is 90.4 cm³/mol. The fourth-order valence-electron chi connectivity index (χ4n) is 2.02. The van der Waals surface area contributed by atoms with Gasteiger partial charge in [0.1, 0.15) is 5.75 Å². The summed E-state index contributed by atoms with van der Waals surface area (Å²) in [6.45, 7) is 3.74. The topological polar surface area (TPSA) is 75.6 Å². The Balaban J connectivity index is 2.10. The molecule has 0 spiro atoms. The second-order valence-corrected chi connectivity index (χ2v) is 6.14. The third-order valence-electron chi connectivity index (χ3n) is 3.08. The second-order valence-electron chi connectivity index (χ2n) is 5.36. The Bertz CT molecular complexity index is 680. The van der Waals surface area contributed by atoms with E-state index in [9.17, 15) is 9.59 Å². The Labute approximate surface area is 138 Å². The van der Waals surface area contributed by atoms with Gasteiger partial charge in [-0.15, -0.1) is 0 Å². The maximum atomic E-state index is 12.1.